The molecule has 1 spiro atoms. The topological polar surface area (TPSA) is 80.0 Å². The first-order valence-electron chi connectivity index (χ1n) is 11.4. The van der Waals surface area contributed by atoms with Crippen LogP contribution in [0, 0.1) is 25.1 Å². The lowest BCUT2D eigenvalue weighted by Crippen LogP contribution is -2.45. The molecule has 0 bridgehead atoms. The number of aryl methyl sites for hydroxylation is 2. The van der Waals surface area contributed by atoms with Crippen LogP contribution >= 0.6 is 0 Å². The average molecular weight is 450 g/mol. The maximum atomic E-state index is 14.8. The lowest BCUT2D eigenvalue weighted by Gasteiger charge is -2.39. The second kappa shape index (κ2) is 8.20. The molecule has 9 heteroatoms. The number of hydrogen-bond donors (Lipinski definition) is 0. The number of benzene rings is 1. The van der Waals surface area contributed by atoms with E-state index in [1.807, 2.05) is 19.9 Å². The summed E-state index contributed by atoms with van der Waals surface area (Å²) in [6.45, 7) is 8.26. The Morgan fingerprint density at radius 1 is 1.09 bits per heavy atom. The van der Waals surface area contributed by atoms with Gasteiger partial charge in [-0.25, -0.2) is 14.4 Å². The van der Waals surface area contributed by atoms with E-state index in [0.717, 1.165) is 43.1 Å². The second-order valence-electron chi connectivity index (χ2n) is 9.38. The van der Waals surface area contributed by atoms with E-state index in [9.17, 15) is 9.18 Å². The molecule has 172 valence electrons. The Bertz CT molecular complexity index is 1150. The van der Waals surface area contributed by atoms with Crippen molar-refractivity contribution in [3.8, 4) is 5.69 Å². The molecule has 0 saturated carbocycles. The van der Waals surface area contributed by atoms with Crippen LogP contribution in [0.15, 0.2) is 36.7 Å². The van der Waals surface area contributed by atoms with E-state index >= 15 is 0 Å². The van der Waals surface area contributed by atoms with Gasteiger partial charge in [-0.3, -0.25) is 4.79 Å². The number of carbonyl (C=O) groups is 1. The standard InChI is InChI=1S/C24H28FN7O/c1-16-13-17(2)29-23(28-16)31-15-24(14-18(31)3)7-11-30(12-8-24)22(33)21-19(25)5-4-6-20(21)32-26-9-10-27-32/h4-6,9-10,13,18H,7-8,11-12,14-15H2,1-3H3. The van der Waals surface area contributed by atoms with Crippen LogP contribution in [0.5, 0.6) is 0 Å². The molecular weight excluding hydrogens is 421 g/mol. The van der Waals surface area contributed by atoms with Gasteiger partial charge in [0.05, 0.1) is 12.4 Å². The molecule has 8 nitrogen and oxygen atoms in total. The highest BCUT2D eigenvalue weighted by atomic mass is 19.1. The predicted molar refractivity (Wildman–Crippen MR) is 122 cm³/mol. The Kier molecular flexibility index (Phi) is 5.34. The fourth-order valence-corrected chi connectivity index (χ4v) is 5.36. The summed E-state index contributed by atoms with van der Waals surface area (Å²) in [5.74, 6) is -0.0726. The third kappa shape index (κ3) is 3.96. The summed E-state index contributed by atoms with van der Waals surface area (Å²) in [7, 11) is 0. The molecule has 0 radical (unpaired) electrons. The minimum atomic E-state index is -0.553. The van der Waals surface area contributed by atoms with Crippen LogP contribution in [-0.2, 0) is 0 Å². The highest BCUT2D eigenvalue weighted by Gasteiger charge is 2.45. The largest absolute Gasteiger partial charge is 0.338 e. The first-order chi connectivity index (χ1) is 15.8. The van der Waals surface area contributed by atoms with Crippen molar-refractivity contribution in [2.24, 2.45) is 5.41 Å². The molecule has 5 rings (SSSR count). The molecule has 1 amide bonds. The molecule has 2 aromatic heterocycles. The summed E-state index contributed by atoms with van der Waals surface area (Å²) in [6, 6.07) is 6.87. The fourth-order valence-electron chi connectivity index (χ4n) is 5.36. The van der Waals surface area contributed by atoms with Gasteiger partial charge in [0.25, 0.3) is 5.91 Å². The van der Waals surface area contributed by atoms with Crippen molar-refractivity contribution < 1.29 is 9.18 Å². The summed E-state index contributed by atoms with van der Waals surface area (Å²) in [4.78, 5) is 28.0. The first kappa shape index (κ1) is 21.5. The number of halogens is 1. The number of nitrogens with zero attached hydrogens (tertiary/aromatic N) is 7. The Hall–Kier alpha value is -3.36. The van der Waals surface area contributed by atoms with Gasteiger partial charge in [-0.15, -0.1) is 0 Å². The molecular formula is C24H28FN7O. The van der Waals surface area contributed by atoms with Crippen molar-refractivity contribution in [1.82, 2.24) is 29.9 Å². The smallest absolute Gasteiger partial charge is 0.259 e. The molecule has 3 aromatic rings. The Morgan fingerprint density at radius 3 is 2.42 bits per heavy atom. The van der Waals surface area contributed by atoms with Gasteiger partial charge < -0.3 is 9.80 Å². The van der Waals surface area contributed by atoms with E-state index in [0.29, 0.717) is 24.8 Å². The zero-order valence-electron chi connectivity index (χ0n) is 19.2. The predicted octanol–water partition coefficient (Wildman–Crippen LogP) is 3.33. The molecule has 1 unspecified atom stereocenters. The molecule has 0 aliphatic carbocycles. The van der Waals surface area contributed by atoms with Crippen molar-refractivity contribution in [3.63, 3.8) is 0 Å². The van der Waals surface area contributed by atoms with Crippen LogP contribution in [0.2, 0.25) is 0 Å². The summed E-state index contributed by atoms with van der Waals surface area (Å²) >= 11 is 0. The number of likely N-dealkylation sites (tertiary alicyclic amines) is 1. The summed E-state index contributed by atoms with van der Waals surface area (Å²) in [6.07, 6.45) is 5.79. The van der Waals surface area contributed by atoms with Gasteiger partial charge in [0.15, 0.2) is 0 Å². The minimum Gasteiger partial charge on any atom is -0.338 e. The van der Waals surface area contributed by atoms with Crippen LogP contribution < -0.4 is 4.90 Å². The van der Waals surface area contributed by atoms with Crippen LogP contribution in [-0.4, -0.2) is 61.4 Å². The van der Waals surface area contributed by atoms with Gasteiger partial charge in [-0.2, -0.15) is 15.0 Å². The van der Waals surface area contributed by atoms with E-state index in [4.69, 9.17) is 0 Å². The van der Waals surface area contributed by atoms with E-state index in [1.54, 1.807) is 17.0 Å². The SMILES string of the molecule is Cc1cc(C)nc(N2CC3(CCN(C(=O)c4c(F)cccc4-n4nccn4)CC3)CC2C)n1. The quantitative estimate of drug-likeness (QED) is 0.610. The average Bonchev–Trinajstić information content (AvgIpc) is 3.41. The van der Waals surface area contributed by atoms with Crippen LogP contribution in [0.4, 0.5) is 10.3 Å². The van der Waals surface area contributed by atoms with Crippen molar-refractivity contribution in [1.29, 1.82) is 0 Å². The molecule has 2 aliphatic rings. The Labute approximate surface area is 192 Å². The van der Waals surface area contributed by atoms with Gasteiger partial charge in [0, 0.05) is 37.1 Å². The van der Waals surface area contributed by atoms with Gasteiger partial charge in [0.1, 0.15) is 17.1 Å². The normalized spacial score (nSPS) is 19.9. The van der Waals surface area contributed by atoms with Crippen molar-refractivity contribution in [2.45, 2.75) is 46.1 Å². The maximum absolute atomic E-state index is 14.8. The van der Waals surface area contributed by atoms with Crippen LogP contribution in [0.1, 0.15) is 47.9 Å². The van der Waals surface area contributed by atoms with E-state index in [1.165, 1.54) is 23.3 Å². The number of anilines is 1. The lowest BCUT2D eigenvalue weighted by molar-refractivity contribution is 0.0602. The number of piperidine rings is 1. The van der Waals surface area contributed by atoms with Crippen molar-refractivity contribution >= 4 is 11.9 Å². The monoisotopic (exact) mass is 449 g/mol. The van der Waals surface area contributed by atoms with Gasteiger partial charge >= 0.3 is 0 Å². The fraction of sp³-hybridized carbons (Fsp3) is 0.458. The Morgan fingerprint density at radius 2 is 1.76 bits per heavy atom. The van der Waals surface area contributed by atoms with E-state index in [2.05, 4.69) is 32.0 Å². The number of carbonyl (C=O) groups excluding carboxylic acids is 1. The molecule has 0 N–H and O–H groups in total. The van der Waals surface area contributed by atoms with E-state index < -0.39 is 5.82 Å². The first-order valence-corrected chi connectivity index (χ1v) is 11.4. The molecule has 2 aliphatic heterocycles. The molecule has 2 fully saturated rings. The van der Waals surface area contributed by atoms with Gasteiger partial charge in [-0.1, -0.05) is 6.07 Å². The van der Waals surface area contributed by atoms with Gasteiger partial charge in [-0.05, 0) is 63.6 Å². The van der Waals surface area contributed by atoms with Crippen molar-refractivity contribution in [2.75, 3.05) is 24.5 Å². The third-order valence-electron chi connectivity index (χ3n) is 6.94. The number of hydrogen-bond acceptors (Lipinski definition) is 6. The summed E-state index contributed by atoms with van der Waals surface area (Å²) in [5, 5.41) is 8.16. The molecule has 4 heterocycles. The number of rotatable bonds is 3. The molecule has 33 heavy (non-hydrogen) atoms. The minimum absolute atomic E-state index is 0.0229. The highest BCUT2D eigenvalue weighted by Crippen LogP contribution is 2.44. The van der Waals surface area contributed by atoms with Crippen LogP contribution in [0.25, 0.3) is 5.69 Å². The zero-order valence-corrected chi connectivity index (χ0v) is 19.2. The zero-order chi connectivity index (χ0) is 23.2. The Balaban J connectivity index is 1.33. The van der Waals surface area contributed by atoms with E-state index in [-0.39, 0.29) is 16.9 Å². The molecule has 2 saturated heterocycles. The third-order valence-corrected chi connectivity index (χ3v) is 6.94. The van der Waals surface area contributed by atoms with Crippen LogP contribution in [0.3, 0.4) is 0 Å². The highest BCUT2D eigenvalue weighted by molar-refractivity contribution is 5.98. The second-order valence-corrected chi connectivity index (χ2v) is 9.38. The van der Waals surface area contributed by atoms with Crippen molar-refractivity contribution in [3.05, 3.63) is 59.4 Å². The van der Waals surface area contributed by atoms with Gasteiger partial charge in [0.2, 0.25) is 5.95 Å². The maximum Gasteiger partial charge on any atom is 0.259 e. The molecule has 1 aromatic carbocycles. The molecule has 1 atom stereocenters. The number of amides is 1. The summed E-state index contributed by atoms with van der Waals surface area (Å²) < 4.78 is 14.8. The number of aromatic nitrogens is 5. The summed E-state index contributed by atoms with van der Waals surface area (Å²) in [5.41, 5.74) is 2.43. The lowest BCUT2D eigenvalue weighted by atomic mass is 9.76.